The van der Waals surface area contributed by atoms with Crippen molar-refractivity contribution in [3.05, 3.63) is 167 Å². The number of fused-ring (bicyclic) bond motifs is 6. The van der Waals surface area contributed by atoms with E-state index in [9.17, 15) is 19.2 Å². The van der Waals surface area contributed by atoms with Gasteiger partial charge in [-0.15, -0.1) is 0 Å². The van der Waals surface area contributed by atoms with Crippen molar-refractivity contribution in [3.8, 4) is 22.3 Å². The molecule has 503 valence electrons. The van der Waals surface area contributed by atoms with Crippen molar-refractivity contribution in [1.29, 1.82) is 0 Å². The number of benzene rings is 4. The predicted molar refractivity (Wildman–Crippen MR) is 411 cm³/mol. The van der Waals surface area contributed by atoms with Crippen LogP contribution >= 0.6 is 137 Å². The number of aromatic nitrogens is 2. The maximum atomic E-state index is 12.6. The van der Waals surface area contributed by atoms with Gasteiger partial charge < -0.3 is 44.5 Å². The summed E-state index contributed by atoms with van der Waals surface area (Å²) in [5, 5.41) is 14.9. The number of aromatic carboxylic acids is 1. The number of pyridine rings is 2. The van der Waals surface area contributed by atoms with E-state index in [-0.39, 0.29) is 53.0 Å². The fourth-order valence-electron chi connectivity index (χ4n) is 11.7. The molecule has 4 aliphatic heterocycles. The molecule has 19 nitrogen and oxygen atoms in total. The summed E-state index contributed by atoms with van der Waals surface area (Å²) in [5.41, 5.74) is 12.8. The molecule has 12 rings (SSSR count). The Kier molecular flexibility index (Phi) is 37.9. The second-order valence-electron chi connectivity index (χ2n) is 22.0. The van der Waals surface area contributed by atoms with E-state index in [2.05, 4.69) is 226 Å². The number of carboxylic acids is 1. The average molecular weight is 2250 g/mol. The van der Waals surface area contributed by atoms with Gasteiger partial charge in [-0.2, -0.15) is 0 Å². The Labute approximate surface area is 641 Å². The Morgan fingerprint density at radius 1 is 0.581 bits per heavy atom. The van der Waals surface area contributed by atoms with Crippen LogP contribution in [0.25, 0.3) is 22.3 Å². The van der Waals surface area contributed by atoms with Crippen molar-refractivity contribution in [2.45, 2.75) is 88.6 Å². The van der Waals surface area contributed by atoms with Gasteiger partial charge in [-0.3, -0.25) is 9.63 Å². The first-order valence-corrected chi connectivity index (χ1v) is 65.3. The molecule has 3 amide bonds. The number of amides is 3. The average Bonchev–Trinajstić information content (AvgIpc) is 1.63. The number of rotatable bonds is 15. The Morgan fingerprint density at radius 3 is 1.27 bits per heavy atom. The number of nitrogens with zero attached hydrogens (tertiary/aromatic N) is 4. The van der Waals surface area contributed by atoms with Crippen LogP contribution in [0.15, 0.2) is 134 Å². The topological polar surface area (TPSA) is 238 Å². The molecule has 2 atom stereocenters. The number of alkyl carbamates (subject to hydrolysis) is 2. The summed E-state index contributed by atoms with van der Waals surface area (Å²) in [6.07, 6.45) is 11.5. The van der Waals surface area contributed by atoms with Gasteiger partial charge in [0.25, 0.3) is 5.91 Å². The van der Waals surface area contributed by atoms with Crippen LogP contribution in [0, 0.1) is 11.8 Å². The van der Waals surface area contributed by atoms with Gasteiger partial charge in [-0.1, -0.05) is 97.1 Å². The standard InChI is InChI=1S/C32H36N4O5.C27H27N3O4.C5H11NO2.I3.5HI.2V/c37-31(35-41-30-11-5-6-18-39-30)23-12-13-29(33-20-23)36-16-14-22(15-17-36)19-34-32(38)40-21-28-26-9-3-1-7-24(26)25-8-2-4-10-27(25)28;31-26(32)19-9-10-25(28-16-19)30-13-11-18(12-14-30)15-29-27(33)34-17-24-22-7-3-1-5-20(22)21-6-2-4-8-23(21)24;6-8-5-3-1-2-4-7-5;1-3-2;;;;;;;/h1-4,7-10,12-13,20,22,28,30H,5-6,11,14-19,21H2,(H,34,38)(H,35,37);1-10,16,18,24H,11-15,17H2,(H,29,33)(H,31,32);5H,1-4,6H2;;5*1H;;/q;;;-1;;;;;;+2;+3/p-5. The molecule has 4 saturated heterocycles. The number of hydrogen-bond acceptors (Lipinski definition) is 15. The molecule has 0 spiro atoms. The van der Waals surface area contributed by atoms with Gasteiger partial charge in [0.05, 0.1) is 11.1 Å². The molecule has 2 aliphatic carbocycles. The number of carbonyl (C=O) groups is 4. The fraction of sp³-hybridized carbons (Fsp3) is 0.406. The molecule has 29 heteroatoms. The van der Waals surface area contributed by atoms with E-state index in [1.54, 1.807) is 24.4 Å². The van der Waals surface area contributed by atoms with Crippen LogP contribution in [0.2, 0.25) is 0 Å². The van der Waals surface area contributed by atoms with Gasteiger partial charge in [0.2, 0.25) is 0 Å². The van der Waals surface area contributed by atoms with Crippen molar-refractivity contribution in [3.63, 3.8) is 0 Å². The van der Waals surface area contributed by atoms with Crippen molar-refractivity contribution in [2.75, 3.05) is 75.5 Å². The predicted octanol–water partition coefficient (Wildman–Crippen LogP) is 13.2. The van der Waals surface area contributed by atoms with Gasteiger partial charge in [0, 0.05) is 89.6 Å². The van der Waals surface area contributed by atoms with Gasteiger partial charge in [0.15, 0.2) is 12.6 Å². The van der Waals surface area contributed by atoms with E-state index in [0.717, 1.165) is 102 Å². The summed E-state index contributed by atoms with van der Waals surface area (Å²) in [4.78, 5) is 71.1. The third kappa shape index (κ3) is 26.2. The summed E-state index contributed by atoms with van der Waals surface area (Å²) in [6.45, 7) is 6.54. The summed E-state index contributed by atoms with van der Waals surface area (Å²) in [7, 11) is 0.628. The number of halogens is 8. The van der Waals surface area contributed by atoms with Crippen LogP contribution in [0.3, 0.4) is 0 Å². The number of hydroxylamine groups is 1. The van der Waals surface area contributed by atoms with Crippen LogP contribution < -0.4 is 45.1 Å². The van der Waals surface area contributed by atoms with E-state index in [0.29, 0.717) is 73.0 Å². The number of piperidine rings is 2. The zero-order valence-corrected chi connectivity index (χ0v) is 70.7. The van der Waals surface area contributed by atoms with E-state index in [1.165, 1.54) is 57.1 Å². The van der Waals surface area contributed by atoms with E-state index < -0.39 is 5.97 Å². The first kappa shape index (κ1) is 79.4. The van der Waals surface area contributed by atoms with Gasteiger partial charge >= 0.3 is 183 Å². The number of nitrogens with two attached hydrogens (primary N) is 1. The van der Waals surface area contributed by atoms with Crippen LogP contribution in [-0.2, 0) is 43.0 Å². The van der Waals surface area contributed by atoms with Crippen molar-refractivity contribution >= 4 is 173 Å². The summed E-state index contributed by atoms with van der Waals surface area (Å²) < 4.78 is 21.9. The number of hydrogen-bond donors (Lipinski definition) is 5. The third-order valence-corrected chi connectivity index (χ3v) is 16.4. The molecular weight excluding hydrogens is 2170 g/mol. The van der Waals surface area contributed by atoms with Crippen LogP contribution in [0.1, 0.15) is 119 Å². The second-order valence-corrected chi connectivity index (χ2v) is 85.4. The van der Waals surface area contributed by atoms with Gasteiger partial charge in [0.1, 0.15) is 24.8 Å². The molecule has 6 N–H and O–H groups in total. The summed E-state index contributed by atoms with van der Waals surface area (Å²) in [5.74, 6) is 6.04. The molecule has 2 unspecified atom stereocenters. The zero-order valence-electron chi connectivity index (χ0n) is 50.6. The van der Waals surface area contributed by atoms with Gasteiger partial charge in [-0.25, -0.2) is 40.6 Å². The molecule has 4 fully saturated rings. The van der Waals surface area contributed by atoms with Crippen molar-refractivity contribution in [1.82, 2.24) is 26.1 Å². The van der Waals surface area contributed by atoms with Crippen LogP contribution in [0.5, 0.6) is 0 Å². The SMILES string of the molecule is I[I-]I.NOC1CCCCO1.O=C(NCC1CCN(c2ccc(C(=O)NOC3CCCCO3)cn2)CC1)OCC1c2ccccc2-c2ccccc21.O=C(NCC1CCN(c2ccc(C(=O)O)cn2)CC1)OCC1c2ccccc2-c2ccccc21.[I][V]([I])[I].[I][V][I]. The zero-order chi connectivity index (χ0) is 66.3. The molecule has 6 aliphatic rings. The van der Waals surface area contributed by atoms with Gasteiger partial charge in [-0.05, 0) is 132 Å². The molecule has 4 aromatic carbocycles. The first-order chi connectivity index (χ1) is 45.2. The van der Waals surface area contributed by atoms with Crippen LogP contribution in [0.4, 0.5) is 21.2 Å². The first-order valence-electron chi connectivity index (χ1n) is 30.2. The van der Waals surface area contributed by atoms with E-state index in [4.69, 9.17) is 34.8 Å². The minimum absolute atomic E-state index is 0.0554. The molecule has 0 saturated carbocycles. The quantitative estimate of drug-likeness (QED) is 0.0474. The molecule has 2 aromatic heterocycles. The van der Waals surface area contributed by atoms with Crippen molar-refractivity contribution < 1.29 is 80.5 Å². The summed E-state index contributed by atoms with van der Waals surface area (Å²) in [6, 6.07) is 40.2. The number of carbonyl (C=O) groups excluding carboxylic acids is 3. The maximum absolute atomic E-state index is 12.6. The monoisotopic (exact) mass is 2250 g/mol. The molecule has 93 heavy (non-hydrogen) atoms. The Bertz CT molecular complexity index is 3150. The molecule has 0 bridgehead atoms. The Hall–Kier alpha value is -0.931. The Morgan fingerprint density at radius 2 is 0.946 bits per heavy atom. The second kappa shape index (κ2) is 44.3. The summed E-state index contributed by atoms with van der Waals surface area (Å²) >= 11 is 17.4. The number of ether oxygens (including phenoxy) is 4. The molecule has 6 aromatic rings. The van der Waals surface area contributed by atoms with Crippen LogP contribution in [-0.4, -0.2) is 117 Å². The molecule has 0 radical (unpaired) electrons. The molecule has 6 heterocycles. The number of carboxylic acid groups (broad SMARTS) is 1. The number of anilines is 2. The minimum atomic E-state index is -0.975. The normalized spacial score (nSPS) is 17.3. The van der Waals surface area contributed by atoms with E-state index >= 15 is 0 Å². The van der Waals surface area contributed by atoms with Crippen molar-refractivity contribution in [2.24, 2.45) is 17.7 Å². The Balaban J connectivity index is 0.000000210. The third-order valence-electron chi connectivity index (χ3n) is 16.4. The number of nitrogens with one attached hydrogen (secondary N) is 3. The molecular formula is C64H74I8N8O11V2-. The fourth-order valence-corrected chi connectivity index (χ4v) is 11.7. The van der Waals surface area contributed by atoms with E-state index in [1.807, 2.05) is 54.6 Å².